The fourth-order valence-electron chi connectivity index (χ4n) is 5.42. The third kappa shape index (κ3) is 2.69. The summed E-state index contributed by atoms with van der Waals surface area (Å²) >= 11 is 0. The molecule has 3 heterocycles. The minimum absolute atomic E-state index is 0.0670. The molecule has 5 rings (SSSR count). The van der Waals surface area contributed by atoms with Gasteiger partial charge in [-0.15, -0.1) is 0 Å². The van der Waals surface area contributed by atoms with Gasteiger partial charge in [-0.25, -0.2) is 4.39 Å². The van der Waals surface area contributed by atoms with E-state index in [9.17, 15) is 18.8 Å². The summed E-state index contributed by atoms with van der Waals surface area (Å²) in [6.45, 7) is 4.14. The Morgan fingerprint density at radius 2 is 1.77 bits per heavy atom. The van der Waals surface area contributed by atoms with Crippen molar-refractivity contribution >= 4 is 23.4 Å². The van der Waals surface area contributed by atoms with Crippen molar-refractivity contribution < 1.29 is 18.8 Å². The number of benzene rings is 2. The molecular formula is C24H24FN3O3. The summed E-state index contributed by atoms with van der Waals surface area (Å²) in [4.78, 5) is 41.7. The van der Waals surface area contributed by atoms with Crippen molar-refractivity contribution in [3.8, 4) is 0 Å². The van der Waals surface area contributed by atoms with Crippen LogP contribution in [0, 0.1) is 23.6 Å². The third-order valence-corrected chi connectivity index (χ3v) is 7.16. The van der Waals surface area contributed by atoms with E-state index in [1.807, 2.05) is 38.1 Å². The number of carbonyl (C=O) groups is 3. The summed E-state index contributed by atoms with van der Waals surface area (Å²) in [6.07, 6.45) is 0.805. The number of para-hydroxylation sites is 1. The van der Waals surface area contributed by atoms with E-state index in [0.717, 1.165) is 6.42 Å². The van der Waals surface area contributed by atoms with Crippen LogP contribution in [-0.2, 0) is 26.5 Å². The number of fused-ring (bicyclic) bond motifs is 4. The number of rotatable bonds is 4. The molecule has 3 amide bonds. The van der Waals surface area contributed by atoms with Crippen LogP contribution in [0.4, 0.5) is 10.1 Å². The lowest BCUT2D eigenvalue weighted by molar-refractivity contribution is -0.143. The predicted octanol–water partition coefficient (Wildman–Crippen LogP) is 2.79. The number of amides is 3. The molecule has 160 valence electrons. The quantitative estimate of drug-likeness (QED) is 0.745. The number of nitrogens with one attached hydrogen (secondary N) is 2. The highest BCUT2D eigenvalue weighted by Crippen LogP contribution is 2.54. The highest BCUT2D eigenvalue weighted by Gasteiger charge is 2.70. The lowest BCUT2D eigenvalue weighted by atomic mass is 9.75. The van der Waals surface area contributed by atoms with Crippen LogP contribution < -0.4 is 10.6 Å². The molecule has 2 saturated heterocycles. The van der Waals surface area contributed by atoms with Crippen molar-refractivity contribution in [3.63, 3.8) is 0 Å². The van der Waals surface area contributed by atoms with Gasteiger partial charge >= 0.3 is 0 Å². The lowest BCUT2D eigenvalue weighted by Crippen LogP contribution is -2.54. The molecule has 0 bridgehead atoms. The molecule has 0 saturated carbocycles. The zero-order valence-corrected chi connectivity index (χ0v) is 17.4. The van der Waals surface area contributed by atoms with Crippen molar-refractivity contribution in [3.05, 3.63) is 65.5 Å². The molecule has 3 aliphatic heterocycles. The van der Waals surface area contributed by atoms with E-state index in [1.54, 1.807) is 12.1 Å². The van der Waals surface area contributed by atoms with E-state index in [2.05, 4.69) is 10.6 Å². The molecule has 0 unspecified atom stereocenters. The first-order chi connectivity index (χ1) is 14.9. The molecule has 3 aliphatic rings. The second kappa shape index (κ2) is 6.99. The molecule has 0 aromatic heterocycles. The number of nitrogens with zero attached hydrogens (tertiary/aromatic N) is 1. The van der Waals surface area contributed by atoms with Gasteiger partial charge in [0.15, 0.2) is 0 Å². The van der Waals surface area contributed by atoms with Gasteiger partial charge in [-0.05, 0) is 29.7 Å². The summed E-state index contributed by atoms with van der Waals surface area (Å²) in [7, 11) is 0. The van der Waals surface area contributed by atoms with Crippen LogP contribution in [0.5, 0.6) is 0 Å². The summed E-state index contributed by atoms with van der Waals surface area (Å²) in [5.41, 5.74) is 0.785. The molecule has 0 radical (unpaired) electrons. The molecule has 0 aliphatic carbocycles. The van der Waals surface area contributed by atoms with Crippen molar-refractivity contribution in [1.29, 1.82) is 0 Å². The van der Waals surface area contributed by atoms with Crippen LogP contribution in [0.3, 0.4) is 0 Å². The normalized spacial score (nSPS) is 30.0. The maximum Gasteiger partial charge on any atom is 0.250 e. The molecular weight excluding hydrogens is 397 g/mol. The second-order valence-corrected chi connectivity index (χ2v) is 8.76. The zero-order valence-electron chi connectivity index (χ0n) is 17.4. The highest BCUT2D eigenvalue weighted by molar-refractivity contribution is 6.15. The maximum absolute atomic E-state index is 13.7. The monoisotopic (exact) mass is 421 g/mol. The fourth-order valence-corrected chi connectivity index (χ4v) is 5.42. The van der Waals surface area contributed by atoms with Crippen molar-refractivity contribution in [2.75, 3.05) is 5.32 Å². The molecule has 2 aromatic rings. The fraction of sp³-hybridized carbons (Fsp3) is 0.375. The van der Waals surface area contributed by atoms with Gasteiger partial charge in [-0.2, -0.15) is 0 Å². The van der Waals surface area contributed by atoms with E-state index in [-0.39, 0.29) is 42.0 Å². The minimum Gasteiger partial charge on any atom is -0.324 e. The van der Waals surface area contributed by atoms with E-state index >= 15 is 0 Å². The van der Waals surface area contributed by atoms with Gasteiger partial charge in [0, 0.05) is 17.3 Å². The van der Waals surface area contributed by atoms with Crippen LogP contribution in [0.1, 0.15) is 31.4 Å². The van der Waals surface area contributed by atoms with Gasteiger partial charge in [0.1, 0.15) is 11.4 Å². The van der Waals surface area contributed by atoms with Gasteiger partial charge in [-0.1, -0.05) is 50.6 Å². The maximum atomic E-state index is 13.7. The molecule has 1 spiro atoms. The smallest absolute Gasteiger partial charge is 0.250 e. The first kappa shape index (κ1) is 19.9. The SMILES string of the molecule is CC[C@H](C)[C@H]1N[C@@]2(C(=O)Nc3ccccc32)[C@@H]2C(=O)N(Cc3ccc(F)cc3)C(=O)[C@H]12. The van der Waals surface area contributed by atoms with Crippen LogP contribution in [0.2, 0.25) is 0 Å². The Hall–Kier alpha value is -3.06. The molecule has 5 atom stereocenters. The molecule has 2 N–H and O–H groups in total. The van der Waals surface area contributed by atoms with Crippen LogP contribution in [0.15, 0.2) is 48.5 Å². The Balaban J connectivity index is 1.60. The summed E-state index contributed by atoms with van der Waals surface area (Å²) in [5, 5.41) is 6.35. The lowest BCUT2D eigenvalue weighted by Gasteiger charge is -2.30. The first-order valence-corrected chi connectivity index (χ1v) is 10.7. The number of likely N-dealkylation sites (tertiary alicyclic amines) is 1. The summed E-state index contributed by atoms with van der Waals surface area (Å²) < 4.78 is 13.3. The minimum atomic E-state index is -1.26. The van der Waals surface area contributed by atoms with E-state index in [1.165, 1.54) is 17.0 Å². The standard InChI is InChI=1S/C24H24FN3O3/c1-3-13(2)20-18-19(24(27-20)16-6-4-5-7-17(16)26-23(24)31)22(30)28(21(18)29)12-14-8-10-15(25)11-9-14/h4-11,13,18-20,27H,3,12H2,1-2H3,(H,26,31)/t13-,18-,19-,20+,24+/m0/s1. The van der Waals surface area contributed by atoms with Gasteiger partial charge in [0.05, 0.1) is 18.4 Å². The number of hydrogen-bond donors (Lipinski definition) is 2. The number of hydrogen-bond acceptors (Lipinski definition) is 4. The van der Waals surface area contributed by atoms with Crippen LogP contribution >= 0.6 is 0 Å². The van der Waals surface area contributed by atoms with Gasteiger partial charge in [-0.3, -0.25) is 24.6 Å². The van der Waals surface area contributed by atoms with Crippen molar-refractivity contribution in [2.45, 2.75) is 38.4 Å². The topological polar surface area (TPSA) is 78.5 Å². The number of imide groups is 1. The molecule has 2 fully saturated rings. The van der Waals surface area contributed by atoms with Gasteiger partial charge in [0.25, 0.3) is 0 Å². The Labute approximate surface area is 179 Å². The Kier molecular flexibility index (Phi) is 4.48. The predicted molar refractivity (Wildman–Crippen MR) is 112 cm³/mol. The molecule has 7 heteroatoms. The number of carbonyl (C=O) groups excluding carboxylic acids is 3. The van der Waals surface area contributed by atoms with Crippen molar-refractivity contribution in [2.24, 2.45) is 17.8 Å². The Morgan fingerprint density at radius 1 is 1.06 bits per heavy atom. The van der Waals surface area contributed by atoms with Gasteiger partial charge < -0.3 is 5.32 Å². The van der Waals surface area contributed by atoms with Crippen LogP contribution in [-0.4, -0.2) is 28.7 Å². The zero-order chi connectivity index (χ0) is 21.9. The number of anilines is 1. The van der Waals surface area contributed by atoms with Crippen molar-refractivity contribution in [1.82, 2.24) is 10.2 Å². The number of halogens is 1. The summed E-state index contributed by atoms with van der Waals surface area (Å²) in [6, 6.07) is 12.8. The third-order valence-electron chi connectivity index (χ3n) is 7.16. The Bertz CT molecular complexity index is 1090. The largest absolute Gasteiger partial charge is 0.324 e. The molecule has 2 aromatic carbocycles. The van der Waals surface area contributed by atoms with Gasteiger partial charge in [0.2, 0.25) is 17.7 Å². The highest BCUT2D eigenvalue weighted by atomic mass is 19.1. The van der Waals surface area contributed by atoms with Crippen LogP contribution in [0.25, 0.3) is 0 Å². The Morgan fingerprint density at radius 3 is 2.48 bits per heavy atom. The molecule has 31 heavy (non-hydrogen) atoms. The molecule has 6 nitrogen and oxygen atoms in total. The van der Waals surface area contributed by atoms with E-state index in [4.69, 9.17) is 0 Å². The average molecular weight is 421 g/mol. The van der Waals surface area contributed by atoms with E-state index < -0.39 is 17.4 Å². The first-order valence-electron chi connectivity index (χ1n) is 10.7. The summed E-state index contributed by atoms with van der Waals surface area (Å²) in [5.74, 6) is -2.65. The van der Waals surface area contributed by atoms with E-state index in [0.29, 0.717) is 16.8 Å². The average Bonchev–Trinajstić information content (AvgIpc) is 3.36. The second-order valence-electron chi connectivity index (χ2n) is 8.76.